The highest BCUT2D eigenvalue weighted by Crippen LogP contribution is 2.18. The van der Waals surface area contributed by atoms with Crippen LogP contribution in [0.25, 0.3) is 10.9 Å². The summed E-state index contributed by atoms with van der Waals surface area (Å²) in [6, 6.07) is 13.5. The van der Waals surface area contributed by atoms with E-state index in [0.29, 0.717) is 10.9 Å². The molecule has 2 aromatic carbocycles. The highest BCUT2D eigenvalue weighted by molar-refractivity contribution is 7.89. The van der Waals surface area contributed by atoms with Crippen LogP contribution in [0.5, 0.6) is 0 Å². The highest BCUT2D eigenvalue weighted by atomic mass is 32.2. The third-order valence-electron chi connectivity index (χ3n) is 3.71. The van der Waals surface area contributed by atoms with Crippen molar-refractivity contribution in [2.24, 2.45) is 0 Å². The zero-order chi connectivity index (χ0) is 18.0. The molecule has 25 heavy (non-hydrogen) atoms. The Morgan fingerprint density at radius 1 is 1.16 bits per heavy atom. The second-order valence-corrected chi connectivity index (χ2v) is 7.78. The number of nitrogens with one attached hydrogen (secondary N) is 1. The van der Waals surface area contributed by atoms with Gasteiger partial charge in [-0.1, -0.05) is 30.3 Å². The van der Waals surface area contributed by atoms with Gasteiger partial charge in [0, 0.05) is 19.5 Å². The number of sulfonamides is 1. The van der Waals surface area contributed by atoms with E-state index in [0.717, 1.165) is 9.82 Å². The average molecular weight is 359 g/mol. The van der Waals surface area contributed by atoms with E-state index in [9.17, 15) is 13.2 Å². The molecule has 8 heteroatoms. The van der Waals surface area contributed by atoms with E-state index in [4.69, 9.17) is 4.74 Å². The summed E-state index contributed by atoms with van der Waals surface area (Å²) in [5.41, 5.74) is 1.53. The number of benzene rings is 2. The Morgan fingerprint density at radius 3 is 2.68 bits per heavy atom. The maximum Gasteiger partial charge on any atom is 0.359 e. The van der Waals surface area contributed by atoms with Crippen LogP contribution in [0.15, 0.2) is 53.4 Å². The van der Waals surface area contributed by atoms with Gasteiger partial charge in [-0.05, 0) is 23.8 Å². The molecule has 7 nitrogen and oxygen atoms in total. The maximum absolute atomic E-state index is 12.3. The lowest BCUT2D eigenvalue weighted by atomic mass is 10.2. The summed E-state index contributed by atoms with van der Waals surface area (Å²) in [5.74, 6) is -0.571. The molecule has 1 heterocycles. The molecule has 0 aliphatic rings. The van der Waals surface area contributed by atoms with E-state index in [2.05, 4.69) is 10.2 Å². The molecule has 1 aromatic heterocycles. The van der Waals surface area contributed by atoms with Gasteiger partial charge >= 0.3 is 5.97 Å². The first-order chi connectivity index (χ1) is 11.9. The Morgan fingerprint density at radius 2 is 1.92 bits per heavy atom. The van der Waals surface area contributed by atoms with Gasteiger partial charge in [-0.15, -0.1) is 0 Å². The molecule has 0 aliphatic heterocycles. The van der Waals surface area contributed by atoms with Crippen molar-refractivity contribution in [1.82, 2.24) is 14.5 Å². The lowest BCUT2D eigenvalue weighted by Gasteiger charge is -2.12. The van der Waals surface area contributed by atoms with E-state index >= 15 is 0 Å². The third kappa shape index (κ3) is 3.40. The van der Waals surface area contributed by atoms with Crippen LogP contribution in [0.2, 0.25) is 0 Å². The number of aromatic nitrogens is 2. The quantitative estimate of drug-likeness (QED) is 0.705. The number of ether oxygens (including phenoxy) is 1. The van der Waals surface area contributed by atoms with Crippen LogP contribution in [0, 0.1) is 0 Å². The summed E-state index contributed by atoms with van der Waals surface area (Å²) in [6.07, 6.45) is 0. The molecular weight excluding hydrogens is 342 g/mol. The van der Waals surface area contributed by atoms with Gasteiger partial charge in [0.2, 0.25) is 10.0 Å². The molecule has 0 bridgehead atoms. The van der Waals surface area contributed by atoms with Crippen molar-refractivity contribution in [1.29, 1.82) is 0 Å². The lowest BCUT2D eigenvalue weighted by Crippen LogP contribution is -2.22. The zero-order valence-corrected chi connectivity index (χ0v) is 14.6. The van der Waals surface area contributed by atoms with Crippen molar-refractivity contribution in [2.45, 2.75) is 11.5 Å². The molecule has 1 N–H and O–H groups in total. The second kappa shape index (κ2) is 6.66. The Hall–Kier alpha value is -2.71. The van der Waals surface area contributed by atoms with Crippen molar-refractivity contribution >= 4 is 26.9 Å². The number of hydrogen-bond acceptors (Lipinski definition) is 5. The number of fused-ring (bicyclic) bond motifs is 1. The van der Waals surface area contributed by atoms with Crippen LogP contribution < -0.4 is 0 Å². The Balaban J connectivity index is 1.77. The van der Waals surface area contributed by atoms with Gasteiger partial charge in [-0.3, -0.25) is 5.10 Å². The molecule has 0 amide bonds. The number of nitrogens with zero attached hydrogens (tertiary/aromatic N) is 2. The molecule has 3 aromatic rings. The summed E-state index contributed by atoms with van der Waals surface area (Å²) in [4.78, 5) is 12.4. The summed E-state index contributed by atoms with van der Waals surface area (Å²) in [5, 5.41) is 7.44. The molecule has 0 fully saturated rings. The van der Waals surface area contributed by atoms with E-state index in [1.165, 1.54) is 26.2 Å². The molecule has 0 aliphatic carbocycles. The first kappa shape index (κ1) is 17.1. The number of aromatic amines is 1. The summed E-state index contributed by atoms with van der Waals surface area (Å²) >= 11 is 0. The normalized spacial score (nSPS) is 11.8. The predicted octanol–water partition coefficient (Wildman–Crippen LogP) is 2.17. The lowest BCUT2D eigenvalue weighted by molar-refractivity contribution is 0.0468. The molecule has 0 atom stereocenters. The molecule has 0 radical (unpaired) electrons. The number of hydrogen-bond donors (Lipinski definition) is 1. The SMILES string of the molecule is CN(C)S(=O)(=O)c1cccc(COC(=O)c2n[nH]c3ccccc23)c1. The molecule has 3 rings (SSSR count). The molecule has 0 unspecified atom stereocenters. The summed E-state index contributed by atoms with van der Waals surface area (Å²) in [6.45, 7) is -0.0448. The minimum Gasteiger partial charge on any atom is -0.456 e. The Kier molecular flexibility index (Phi) is 4.56. The van der Waals surface area contributed by atoms with Crippen LogP contribution in [0.1, 0.15) is 16.1 Å². The highest BCUT2D eigenvalue weighted by Gasteiger charge is 2.18. The van der Waals surface area contributed by atoms with Gasteiger partial charge < -0.3 is 4.74 Å². The van der Waals surface area contributed by atoms with E-state index in [1.807, 2.05) is 18.2 Å². The van der Waals surface area contributed by atoms with E-state index < -0.39 is 16.0 Å². The van der Waals surface area contributed by atoms with Crippen molar-refractivity contribution < 1.29 is 17.9 Å². The molecule has 0 spiro atoms. The van der Waals surface area contributed by atoms with Crippen LogP contribution in [-0.2, 0) is 21.4 Å². The minimum atomic E-state index is -3.53. The Labute approximate surface area is 145 Å². The fourth-order valence-electron chi connectivity index (χ4n) is 2.34. The van der Waals surface area contributed by atoms with Crippen molar-refractivity contribution in [3.8, 4) is 0 Å². The van der Waals surface area contributed by atoms with Crippen molar-refractivity contribution in [3.05, 3.63) is 59.8 Å². The van der Waals surface area contributed by atoms with Gasteiger partial charge in [-0.2, -0.15) is 5.10 Å². The largest absolute Gasteiger partial charge is 0.456 e. The van der Waals surface area contributed by atoms with Gasteiger partial charge in [0.25, 0.3) is 0 Å². The number of rotatable bonds is 5. The molecular formula is C17H17N3O4S. The number of para-hydroxylation sites is 1. The Bertz CT molecular complexity index is 1030. The fraction of sp³-hybridized carbons (Fsp3) is 0.176. The number of carbonyl (C=O) groups excluding carboxylic acids is 1. The number of esters is 1. The van der Waals surface area contributed by atoms with Crippen LogP contribution in [-0.4, -0.2) is 43.0 Å². The van der Waals surface area contributed by atoms with Gasteiger partial charge in [0.05, 0.1) is 10.4 Å². The van der Waals surface area contributed by atoms with Crippen LogP contribution in [0.3, 0.4) is 0 Å². The van der Waals surface area contributed by atoms with Crippen LogP contribution >= 0.6 is 0 Å². The van der Waals surface area contributed by atoms with Crippen LogP contribution in [0.4, 0.5) is 0 Å². The average Bonchev–Trinajstić information content (AvgIpc) is 3.04. The number of H-pyrrole nitrogens is 1. The van der Waals surface area contributed by atoms with Gasteiger partial charge in [0.15, 0.2) is 5.69 Å². The van der Waals surface area contributed by atoms with E-state index in [1.54, 1.807) is 18.2 Å². The van der Waals surface area contributed by atoms with Gasteiger partial charge in [0.1, 0.15) is 6.61 Å². The van der Waals surface area contributed by atoms with Crippen molar-refractivity contribution in [2.75, 3.05) is 14.1 Å². The second-order valence-electron chi connectivity index (χ2n) is 5.63. The fourth-order valence-corrected chi connectivity index (χ4v) is 3.32. The van der Waals surface area contributed by atoms with Gasteiger partial charge in [-0.25, -0.2) is 17.5 Å². The molecule has 0 saturated heterocycles. The first-order valence-corrected chi connectivity index (χ1v) is 8.95. The molecule has 130 valence electrons. The summed E-state index contributed by atoms with van der Waals surface area (Å²) < 4.78 is 30.7. The first-order valence-electron chi connectivity index (χ1n) is 7.51. The molecule has 0 saturated carbocycles. The maximum atomic E-state index is 12.3. The predicted molar refractivity (Wildman–Crippen MR) is 92.5 cm³/mol. The minimum absolute atomic E-state index is 0.0448. The zero-order valence-electron chi connectivity index (χ0n) is 13.8. The third-order valence-corrected chi connectivity index (χ3v) is 5.52. The number of carbonyl (C=O) groups is 1. The summed E-state index contributed by atoms with van der Waals surface area (Å²) in [7, 11) is -0.608. The van der Waals surface area contributed by atoms with E-state index in [-0.39, 0.29) is 17.2 Å². The smallest absolute Gasteiger partial charge is 0.359 e. The van der Waals surface area contributed by atoms with Crippen molar-refractivity contribution in [3.63, 3.8) is 0 Å². The monoisotopic (exact) mass is 359 g/mol. The standard InChI is InChI=1S/C17H17N3O4S/c1-20(2)25(22,23)13-7-5-6-12(10-13)11-24-17(21)16-14-8-3-4-9-15(14)18-19-16/h3-10H,11H2,1-2H3,(H,18,19). The topological polar surface area (TPSA) is 92.4 Å².